The van der Waals surface area contributed by atoms with Crippen LogP contribution in [0.3, 0.4) is 0 Å². The molecule has 0 saturated carbocycles. The minimum atomic E-state index is -0.280. The molecule has 8 nitrogen and oxygen atoms in total. The SMILES string of the molecule is C=CC(=O)Nc1ccccc1Nc1nc(Nc2ccc(N3CCN(C)CC3)cc2)ncc1-c1cccs1. The summed E-state index contributed by atoms with van der Waals surface area (Å²) in [5.74, 6) is 0.829. The molecule has 1 aliphatic rings. The van der Waals surface area contributed by atoms with Gasteiger partial charge in [-0.2, -0.15) is 4.98 Å². The van der Waals surface area contributed by atoms with E-state index in [9.17, 15) is 4.79 Å². The molecule has 2 aromatic heterocycles. The zero-order valence-corrected chi connectivity index (χ0v) is 21.5. The topological polar surface area (TPSA) is 85.4 Å². The molecule has 1 amide bonds. The van der Waals surface area contributed by atoms with Crippen molar-refractivity contribution < 1.29 is 4.79 Å². The number of hydrogen-bond donors (Lipinski definition) is 3. The number of carbonyl (C=O) groups excluding carboxylic acids is 1. The summed E-state index contributed by atoms with van der Waals surface area (Å²) in [5, 5.41) is 11.6. The molecule has 0 unspecified atom stereocenters. The van der Waals surface area contributed by atoms with Crippen molar-refractivity contribution >= 4 is 51.8 Å². The van der Waals surface area contributed by atoms with E-state index < -0.39 is 0 Å². The molecule has 0 atom stereocenters. The smallest absolute Gasteiger partial charge is 0.247 e. The highest BCUT2D eigenvalue weighted by Gasteiger charge is 2.15. The van der Waals surface area contributed by atoms with Crippen LogP contribution in [0.15, 0.2) is 84.9 Å². The van der Waals surface area contributed by atoms with Crippen molar-refractivity contribution in [2.45, 2.75) is 0 Å². The van der Waals surface area contributed by atoms with Crippen molar-refractivity contribution in [1.29, 1.82) is 0 Å². The average molecular weight is 512 g/mol. The zero-order chi connectivity index (χ0) is 25.6. The van der Waals surface area contributed by atoms with Crippen LogP contribution >= 0.6 is 11.3 Å². The summed E-state index contributed by atoms with van der Waals surface area (Å²) in [6.07, 6.45) is 3.06. The predicted molar refractivity (Wildman–Crippen MR) is 153 cm³/mol. The highest BCUT2D eigenvalue weighted by Crippen LogP contribution is 2.34. The number of aromatic nitrogens is 2. The third kappa shape index (κ3) is 5.96. The number of piperazine rings is 1. The second kappa shape index (κ2) is 11.2. The van der Waals surface area contributed by atoms with E-state index in [1.165, 1.54) is 11.8 Å². The highest BCUT2D eigenvalue weighted by molar-refractivity contribution is 7.13. The Morgan fingerprint density at radius 2 is 1.73 bits per heavy atom. The van der Waals surface area contributed by atoms with Gasteiger partial charge in [0.25, 0.3) is 0 Å². The lowest BCUT2D eigenvalue weighted by Gasteiger charge is -2.34. The molecule has 0 aliphatic carbocycles. The van der Waals surface area contributed by atoms with Gasteiger partial charge in [0.05, 0.1) is 16.9 Å². The summed E-state index contributed by atoms with van der Waals surface area (Å²) in [5.41, 5.74) is 4.35. The molecule has 0 bridgehead atoms. The first-order valence-corrected chi connectivity index (χ1v) is 13.0. The summed E-state index contributed by atoms with van der Waals surface area (Å²) in [6.45, 7) is 7.74. The number of carbonyl (C=O) groups is 1. The summed E-state index contributed by atoms with van der Waals surface area (Å²) in [6, 6.07) is 19.9. The van der Waals surface area contributed by atoms with Crippen LogP contribution in [0.1, 0.15) is 0 Å². The van der Waals surface area contributed by atoms with Gasteiger partial charge in [-0.1, -0.05) is 24.8 Å². The van der Waals surface area contributed by atoms with Crippen LogP contribution in [0, 0.1) is 0 Å². The monoisotopic (exact) mass is 511 g/mol. The van der Waals surface area contributed by atoms with Crippen LogP contribution in [0.5, 0.6) is 0 Å². The number of benzene rings is 2. The summed E-state index contributed by atoms with van der Waals surface area (Å²) in [4.78, 5) is 27.1. The number of nitrogens with zero attached hydrogens (tertiary/aromatic N) is 4. The van der Waals surface area contributed by atoms with Gasteiger partial charge in [0.15, 0.2) is 0 Å². The molecule has 1 saturated heterocycles. The fourth-order valence-electron chi connectivity index (χ4n) is 4.11. The maximum atomic E-state index is 11.9. The van der Waals surface area contributed by atoms with Crippen molar-refractivity contribution in [3.05, 3.63) is 84.9 Å². The van der Waals surface area contributed by atoms with Gasteiger partial charge in [-0.15, -0.1) is 11.3 Å². The predicted octanol–water partition coefficient (Wildman–Crippen LogP) is 5.57. The number of para-hydroxylation sites is 2. The molecule has 3 heterocycles. The molecular formula is C28H29N7OS. The normalized spacial score (nSPS) is 13.7. The minimum absolute atomic E-state index is 0.280. The number of likely N-dealkylation sites (N-methyl/N-ethyl adjacent to an activating group) is 1. The van der Waals surface area contributed by atoms with Crippen LogP contribution < -0.4 is 20.9 Å². The molecule has 1 fully saturated rings. The Hall–Kier alpha value is -4.21. The number of amides is 1. The van der Waals surface area contributed by atoms with Crippen LogP contribution in [0.4, 0.5) is 34.5 Å². The second-order valence-electron chi connectivity index (χ2n) is 8.76. The van der Waals surface area contributed by atoms with Crippen LogP contribution in [-0.4, -0.2) is 54.0 Å². The third-order valence-electron chi connectivity index (χ3n) is 6.19. The van der Waals surface area contributed by atoms with Gasteiger partial charge in [0, 0.05) is 48.6 Å². The van der Waals surface area contributed by atoms with E-state index in [-0.39, 0.29) is 5.91 Å². The van der Waals surface area contributed by atoms with E-state index >= 15 is 0 Å². The number of thiophene rings is 1. The molecule has 1 aliphatic heterocycles. The van der Waals surface area contributed by atoms with Crippen LogP contribution in [0.2, 0.25) is 0 Å². The molecule has 3 N–H and O–H groups in total. The van der Waals surface area contributed by atoms with Crippen molar-refractivity contribution in [3.8, 4) is 10.4 Å². The first-order chi connectivity index (χ1) is 18.1. The summed E-state index contributed by atoms with van der Waals surface area (Å²) >= 11 is 1.61. The maximum Gasteiger partial charge on any atom is 0.247 e. The van der Waals surface area contributed by atoms with Crippen molar-refractivity contribution in [2.75, 3.05) is 54.1 Å². The van der Waals surface area contributed by atoms with Gasteiger partial charge in [0.1, 0.15) is 5.82 Å². The molecule has 5 rings (SSSR count). The Balaban J connectivity index is 1.39. The molecule has 2 aromatic carbocycles. The molecule has 4 aromatic rings. The van der Waals surface area contributed by atoms with Gasteiger partial charge < -0.3 is 25.8 Å². The minimum Gasteiger partial charge on any atom is -0.369 e. The number of anilines is 6. The Labute approximate surface area is 220 Å². The Kier molecular flexibility index (Phi) is 7.43. The fourth-order valence-corrected chi connectivity index (χ4v) is 4.85. The number of rotatable bonds is 8. The Bertz CT molecular complexity index is 1360. The van der Waals surface area contributed by atoms with Crippen LogP contribution in [0.25, 0.3) is 10.4 Å². The van der Waals surface area contributed by atoms with Gasteiger partial charge in [-0.25, -0.2) is 4.98 Å². The first-order valence-electron chi connectivity index (χ1n) is 12.1. The van der Waals surface area contributed by atoms with E-state index in [1.807, 2.05) is 48.0 Å². The Morgan fingerprint density at radius 1 is 0.973 bits per heavy atom. The van der Waals surface area contributed by atoms with Crippen molar-refractivity contribution in [3.63, 3.8) is 0 Å². The first kappa shape index (κ1) is 24.5. The lowest BCUT2D eigenvalue weighted by molar-refractivity contribution is -0.111. The molecular weight excluding hydrogens is 482 g/mol. The molecule has 188 valence electrons. The van der Waals surface area contributed by atoms with Gasteiger partial charge in [-0.05, 0) is 61.0 Å². The molecule has 9 heteroatoms. The zero-order valence-electron chi connectivity index (χ0n) is 20.6. The summed E-state index contributed by atoms with van der Waals surface area (Å²) < 4.78 is 0. The Morgan fingerprint density at radius 3 is 2.43 bits per heavy atom. The average Bonchev–Trinajstić information content (AvgIpc) is 3.46. The van der Waals surface area contributed by atoms with Gasteiger partial charge in [-0.3, -0.25) is 4.79 Å². The van der Waals surface area contributed by atoms with E-state index in [2.05, 4.69) is 68.6 Å². The van der Waals surface area contributed by atoms with Crippen LogP contribution in [-0.2, 0) is 4.79 Å². The van der Waals surface area contributed by atoms with E-state index in [0.717, 1.165) is 48.0 Å². The summed E-state index contributed by atoms with van der Waals surface area (Å²) in [7, 11) is 2.16. The number of hydrogen-bond acceptors (Lipinski definition) is 8. The number of nitrogens with one attached hydrogen (secondary N) is 3. The third-order valence-corrected chi connectivity index (χ3v) is 7.09. The van der Waals surface area contributed by atoms with Crippen molar-refractivity contribution in [2.24, 2.45) is 0 Å². The van der Waals surface area contributed by atoms with E-state index in [4.69, 9.17) is 4.98 Å². The fraction of sp³-hybridized carbons (Fsp3) is 0.179. The lowest BCUT2D eigenvalue weighted by atomic mass is 10.2. The standard InChI is InChI=1S/C28H29N7OS/c1-3-26(36)31-23-7-4-5-8-24(23)32-27-22(25-9-6-18-37-25)19-29-28(33-27)30-20-10-12-21(13-11-20)35-16-14-34(2)15-17-35/h3-13,18-19H,1,14-17H2,2H3,(H,31,36)(H2,29,30,32,33). The van der Waals surface area contributed by atoms with Crippen molar-refractivity contribution in [1.82, 2.24) is 14.9 Å². The molecule has 0 radical (unpaired) electrons. The maximum absolute atomic E-state index is 11.9. The van der Waals surface area contributed by atoms with Gasteiger partial charge >= 0.3 is 0 Å². The molecule has 37 heavy (non-hydrogen) atoms. The highest BCUT2D eigenvalue weighted by atomic mass is 32.1. The molecule has 0 spiro atoms. The van der Waals surface area contributed by atoms with E-state index in [1.54, 1.807) is 11.3 Å². The van der Waals surface area contributed by atoms with E-state index in [0.29, 0.717) is 17.5 Å². The second-order valence-corrected chi connectivity index (χ2v) is 9.71. The van der Waals surface area contributed by atoms with Gasteiger partial charge in [0.2, 0.25) is 11.9 Å². The lowest BCUT2D eigenvalue weighted by Crippen LogP contribution is -2.44. The largest absolute Gasteiger partial charge is 0.369 e. The quantitative estimate of drug-likeness (QED) is 0.267.